The van der Waals surface area contributed by atoms with Crippen LogP contribution in [0.3, 0.4) is 0 Å². The lowest BCUT2D eigenvalue weighted by Gasteiger charge is -2.23. The van der Waals surface area contributed by atoms with Gasteiger partial charge in [0, 0.05) is 39.0 Å². The summed E-state index contributed by atoms with van der Waals surface area (Å²) in [6.07, 6.45) is 4.91. The van der Waals surface area contributed by atoms with Gasteiger partial charge in [-0.05, 0) is 62.4 Å². The Bertz CT molecular complexity index is 641. The van der Waals surface area contributed by atoms with E-state index in [9.17, 15) is 9.59 Å². The number of rotatable bonds is 7. The van der Waals surface area contributed by atoms with Crippen molar-refractivity contribution >= 4 is 11.8 Å². The molecule has 6 nitrogen and oxygen atoms in total. The van der Waals surface area contributed by atoms with E-state index >= 15 is 0 Å². The summed E-state index contributed by atoms with van der Waals surface area (Å²) in [5, 5.41) is 3.36. The van der Waals surface area contributed by atoms with Crippen LogP contribution in [0.5, 0.6) is 5.75 Å². The number of methoxy groups -OCH3 is 1. The SMILES string of the molecule is COc1ccc(CCC(=O)N2CCCN(C(=O)CCC3CCNC3)CC2)cc1. The number of nitrogens with one attached hydrogen (secondary N) is 1. The molecule has 0 aliphatic carbocycles. The standard InChI is InChI=1S/C22H33N3O3/c1-28-20-7-3-18(4-8-20)5-9-21(26)24-13-2-14-25(16-15-24)22(27)10-6-19-11-12-23-17-19/h3-4,7-8,19,23H,2,5-6,9-17H2,1H3. The molecule has 1 aromatic carbocycles. The predicted octanol–water partition coefficient (Wildman–Crippen LogP) is 2.08. The Morgan fingerprint density at radius 2 is 1.71 bits per heavy atom. The van der Waals surface area contributed by atoms with E-state index in [0.717, 1.165) is 56.8 Å². The van der Waals surface area contributed by atoms with Crippen LogP contribution in [0.2, 0.25) is 0 Å². The third-order valence-electron chi connectivity index (χ3n) is 5.92. The maximum absolute atomic E-state index is 12.6. The summed E-state index contributed by atoms with van der Waals surface area (Å²) in [4.78, 5) is 29.0. The summed E-state index contributed by atoms with van der Waals surface area (Å²) >= 11 is 0. The zero-order chi connectivity index (χ0) is 19.8. The molecule has 1 N–H and O–H groups in total. The Balaban J connectivity index is 1.40. The van der Waals surface area contributed by atoms with Crippen molar-refractivity contribution in [3.05, 3.63) is 29.8 Å². The third-order valence-corrected chi connectivity index (χ3v) is 5.92. The van der Waals surface area contributed by atoms with E-state index in [1.165, 1.54) is 6.42 Å². The molecule has 3 rings (SSSR count). The van der Waals surface area contributed by atoms with Crippen molar-refractivity contribution in [2.45, 2.75) is 38.5 Å². The quantitative estimate of drug-likeness (QED) is 0.778. The second-order valence-corrected chi connectivity index (χ2v) is 7.86. The molecule has 0 radical (unpaired) electrons. The van der Waals surface area contributed by atoms with Crippen molar-refractivity contribution in [1.29, 1.82) is 0 Å². The Morgan fingerprint density at radius 3 is 2.32 bits per heavy atom. The lowest BCUT2D eigenvalue weighted by molar-refractivity contribution is -0.133. The van der Waals surface area contributed by atoms with Crippen LogP contribution >= 0.6 is 0 Å². The smallest absolute Gasteiger partial charge is 0.222 e. The van der Waals surface area contributed by atoms with Gasteiger partial charge in [0.05, 0.1) is 7.11 Å². The van der Waals surface area contributed by atoms with Gasteiger partial charge in [0.15, 0.2) is 0 Å². The Morgan fingerprint density at radius 1 is 1.04 bits per heavy atom. The maximum Gasteiger partial charge on any atom is 0.222 e. The van der Waals surface area contributed by atoms with Crippen molar-refractivity contribution in [1.82, 2.24) is 15.1 Å². The fourth-order valence-electron chi connectivity index (χ4n) is 4.06. The summed E-state index contributed by atoms with van der Waals surface area (Å²) in [5.74, 6) is 1.91. The summed E-state index contributed by atoms with van der Waals surface area (Å²) in [6.45, 7) is 4.95. The van der Waals surface area contributed by atoms with Gasteiger partial charge >= 0.3 is 0 Å². The monoisotopic (exact) mass is 387 g/mol. The topological polar surface area (TPSA) is 61.9 Å². The highest BCUT2D eigenvalue weighted by atomic mass is 16.5. The molecule has 2 aliphatic rings. The van der Waals surface area contributed by atoms with Crippen LogP contribution in [0.1, 0.15) is 37.7 Å². The number of hydrogen-bond donors (Lipinski definition) is 1. The summed E-state index contributed by atoms with van der Waals surface area (Å²) in [7, 11) is 1.65. The van der Waals surface area contributed by atoms with E-state index in [1.807, 2.05) is 34.1 Å². The highest BCUT2D eigenvalue weighted by molar-refractivity contribution is 5.78. The Labute approximate surface area is 168 Å². The van der Waals surface area contributed by atoms with Crippen LogP contribution in [0.15, 0.2) is 24.3 Å². The zero-order valence-corrected chi connectivity index (χ0v) is 17.0. The Kier molecular flexibility index (Phi) is 7.71. The third kappa shape index (κ3) is 5.96. The van der Waals surface area contributed by atoms with Crippen molar-refractivity contribution in [2.75, 3.05) is 46.4 Å². The number of ether oxygens (including phenoxy) is 1. The van der Waals surface area contributed by atoms with Crippen LogP contribution in [0.25, 0.3) is 0 Å². The molecule has 0 saturated carbocycles. The summed E-state index contributed by atoms with van der Waals surface area (Å²) in [5.41, 5.74) is 1.14. The molecule has 0 bridgehead atoms. The van der Waals surface area contributed by atoms with Crippen molar-refractivity contribution in [2.24, 2.45) is 5.92 Å². The maximum atomic E-state index is 12.6. The highest BCUT2D eigenvalue weighted by Crippen LogP contribution is 2.17. The lowest BCUT2D eigenvalue weighted by Crippen LogP contribution is -2.37. The Hall–Kier alpha value is -2.08. The average molecular weight is 388 g/mol. The fourth-order valence-corrected chi connectivity index (χ4v) is 4.06. The largest absolute Gasteiger partial charge is 0.497 e. The number of carbonyl (C=O) groups is 2. The van der Waals surface area contributed by atoms with E-state index in [0.29, 0.717) is 31.8 Å². The van der Waals surface area contributed by atoms with Gasteiger partial charge in [0.25, 0.3) is 0 Å². The van der Waals surface area contributed by atoms with Crippen LogP contribution in [0.4, 0.5) is 0 Å². The van der Waals surface area contributed by atoms with Gasteiger partial charge in [-0.15, -0.1) is 0 Å². The normalized spacial score (nSPS) is 20.1. The molecule has 2 saturated heterocycles. The molecule has 0 aromatic heterocycles. The van der Waals surface area contributed by atoms with E-state index in [4.69, 9.17) is 4.74 Å². The highest BCUT2D eigenvalue weighted by Gasteiger charge is 2.23. The van der Waals surface area contributed by atoms with E-state index in [1.54, 1.807) is 7.11 Å². The molecule has 1 aromatic rings. The number of benzene rings is 1. The number of aryl methyl sites for hydroxylation is 1. The first-order valence-corrected chi connectivity index (χ1v) is 10.5. The minimum Gasteiger partial charge on any atom is -0.497 e. The molecular weight excluding hydrogens is 354 g/mol. The first-order valence-electron chi connectivity index (χ1n) is 10.5. The van der Waals surface area contributed by atoms with E-state index in [-0.39, 0.29) is 11.8 Å². The molecule has 28 heavy (non-hydrogen) atoms. The van der Waals surface area contributed by atoms with Gasteiger partial charge in [-0.2, -0.15) is 0 Å². The van der Waals surface area contributed by atoms with Crippen LogP contribution in [-0.2, 0) is 16.0 Å². The van der Waals surface area contributed by atoms with Gasteiger partial charge in [0.1, 0.15) is 5.75 Å². The molecule has 2 heterocycles. The number of nitrogens with zero attached hydrogens (tertiary/aromatic N) is 2. The van der Waals surface area contributed by atoms with E-state index in [2.05, 4.69) is 5.32 Å². The van der Waals surface area contributed by atoms with Crippen molar-refractivity contribution in [3.8, 4) is 5.75 Å². The van der Waals surface area contributed by atoms with Gasteiger partial charge in [-0.25, -0.2) is 0 Å². The van der Waals surface area contributed by atoms with E-state index < -0.39 is 0 Å². The molecule has 2 fully saturated rings. The second-order valence-electron chi connectivity index (χ2n) is 7.86. The van der Waals surface area contributed by atoms with Crippen LogP contribution in [0, 0.1) is 5.92 Å². The van der Waals surface area contributed by atoms with Crippen molar-refractivity contribution < 1.29 is 14.3 Å². The first-order chi connectivity index (χ1) is 13.7. The minimum absolute atomic E-state index is 0.183. The van der Waals surface area contributed by atoms with Crippen LogP contribution in [-0.4, -0.2) is 68.0 Å². The summed E-state index contributed by atoms with van der Waals surface area (Å²) < 4.78 is 5.17. The molecular formula is C22H33N3O3. The second kappa shape index (κ2) is 10.5. The van der Waals surface area contributed by atoms with Crippen molar-refractivity contribution in [3.63, 3.8) is 0 Å². The summed E-state index contributed by atoms with van der Waals surface area (Å²) in [6, 6.07) is 7.87. The zero-order valence-electron chi connectivity index (χ0n) is 17.0. The average Bonchev–Trinajstić information content (AvgIpc) is 3.13. The molecule has 6 heteroatoms. The first kappa shape index (κ1) is 20.6. The van der Waals surface area contributed by atoms with Crippen LogP contribution < -0.4 is 10.1 Å². The molecule has 154 valence electrons. The van der Waals surface area contributed by atoms with Gasteiger partial charge in [-0.3, -0.25) is 9.59 Å². The number of hydrogen-bond acceptors (Lipinski definition) is 4. The molecule has 0 spiro atoms. The van der Waals surface area contributed by atoms with Gasteiger partial charge < -0.3 is 19.9 Å². The number of amides is 2. The predicted molar refractivity (Wildman–Crippen MR) is 109 cm³/mol. The number of carbonyl (C=O) groups excluding carboxylic acids is 2. The fraction of sp³-hybridized carbons (Fsp3) is 0.636. The molecule has 2 amide bonds. The minimum atomic E-state index is 0.183. The molecule has 1 atom stereocenters. The lowest BCUT2D eigenvalue weighted by atomic mass is 10.0. The molecule has 1 unspecified atom stereocenters. The van der Waals surface area contributed by atoms with Gasteiger partial charge in [-0.1, -0.05) is 12.1 Å². The molecule has 2 aliphatic heterocycles. The van der Waals surface area contributed by atoms with Gasteiger partial charge in [0.2, 0.25) is 11.8 Å².